The lowest BCUT2D eigenvalue weighted by atomic mass is 9.76. The molecule has 2 N–H and O–H groups in total. The normalized spacial score (nSPS) is 28.3. The first-order valence-electron chi connectivity index (χ1n) is 13.5. The number of piperidine rings is 1. The van der Waals surface area contributed by atoms with Gasteiger partial charge in [0.2, 0.25) is 0 Å². The van der Waals surface area contributed by atoms with Gasteiger partial charge in [-0.15, -0.1) is 0 Å². The maximum atomic E-state index is 13.9. The van der Waals surface area contributed by atoms with Gasteiger partial charge in [0, 0.05) is 26.2 Å². The van der Waals surface area contributed by atoms with Gasteiger partial charge in [-0.3, -0.25) is 4.79 Å². The standard InChI is InChI=1S/C28H42N2O3/c31-26(28(33)16-19-29(20-17-28)21-27(32)14-7-2-8-15-27)30-18-13-22-9-5-6-12-24(22)25(30)23-10-3-1-4-11-23/h5-6,9,12,23,25,32-33H,1-4,7-8,10-11,13-21H2. The second kappa shape index (κ2) is 9.67. The summed E-state index contributed by atoms with van der Waals surface area (Å²) in [6.07, 6.45) is 13.1. The third kappa shape index (κ3) is 4.87. The molecule has 3 fully saturated rings. The van der Waals surface area contributed by atoms with Gasteiger partial charge in [0.05, 0.1) is 11.6 Å². The van der Waals surface area contributed by atoms with Crippen LogP contribution < -0.4 is 0 Å². The summed E-state index contributed by atoms with van der Waals surface area (Å²) >= 11 is 0. The average molecular weight is 455 g/mol. The van der Waals surface area contributed by atoms with Crippen molar-refractivity contribution in [3.05, 3.63) is 35.4 Å². The van der Waals surface area contributed by atoms with Crippen LogP contribution in [0.2, 0.25) is 0 Å². The number of likely N-dealkylation sites (tertiary alicyclic amines) is 1. The predicted octanol–water partition coefficient (Wildman–Crippen LogP) is 4.21. The average Bonchev–Trinajstić information content (AvgIpc) is 2.85. The Labute approximate surface area is 199 Å². The van der Waals surface area contributed by atoms with E-state index in [1.165, 1.54) is 49.7 Å². The highest BCUT2D eigenvalue weighted by Gasteiger charge is 2.47. The number of benzene rings is 1. The quantitative estimate of drug-likeness (QED) is 0.715. The highest BCUT2D eigenvalue weighted by Crippen LogP contribution is 2.43. The molecule has 1 aromatic rings. The number of carbonyl (C=O) groups excluding carboxylic acids is 1. The summed E-state index contributed by atoms with van der Waals surface area (Å²) in [6.45, 7) is 2.76. The highest BCUT2D eigenvalue weighted by atomic mass is 16.3. The molecule has 2 saturated carbocycles. The zero-order valence-corrected chi connectivity index (χ0v) is 20.2. The van der Waals surface area contributed by atoms with Gasteiger partial charge >= 0.3 is 0 Å². The maximum Gasteiger partial charge on any atom is 0.255 e. The largest absolute Gasteiger partial charge is 0.389 e. The molecule has 0 bridgehead atoms. The van der Waals surface area contributed by atoms with Gasteiger partial charge in [0.1, 0.15) is 5.60 Å². The zero-order valence-electron chi connectivity index (χ0n) is 20.2. The van der Waals surface area contributed by atoms with Crippen LogP contribution in [-0.4, -0.2) is 63.3 Å². The molecular weight excluding hydrogens is 412 g/mol. The van der Waals surface area contributed by atoms with Crippen molar-refractivity contribution < 1.29 is 15.0 Å². The molecule has 4 aliphatic rings. The van der Waals surface area contributed by atoms with E-state index in [4.69, 9.17) is 0 Å². The van der Waals surface area contributed by atoms with Gasteiger partial charge in [-0.2, -0.15) is 0 Å². The summed E-state index contributed by atoms with van der Waals surface area (Å²) in [5.74, 6) is 0.442. The van der Waals surface area contributed by atoms with Crippen molar-refractivity contribution in [3.8, 4) is 0 Å². The fraction of sp³-hybridized carbons (Fsp3) is 0.750. The third-order valence-electron chi connectivity index (χ3n) is 9.07. The number of nitrogens with zero attached hydrogens (tertiary/aromatic N) is 2. The second-order valence-corrected chi connectivity index (χ2v) is 11.4. The van der Waals surface area contributed by atoms with Crippen molar-refractivity contribution in [1.29, 1.82) is 0 Å². The van der Waals surface area contributed by atoms with Crippen LogP contribution >= 0.6 is 0 Å². The number of carbonyl (C=O) groups is 1. The van der Waals surface area contributed by atoms with Crippen molar-refractivity contribution in [1.82, 2.24) is 9.80 Å². The minimum Gasteiger partial charge on any atom is -0.389 e. The van der Waals surface area contributed by atoms with E-state index in [1.807, 2.05) is 0 Å². The Morgan fingerprint density at radius 3 is 2.27 bits per heavy atom. The number of β-amino-alcohol motifs (C(OH)–C–C–N with tert-alkyl or cyclic N) is 1. The van der Waals surface area contributed by atoms with Gasteiger partial charge in [-0.25, -0.2) is 0 Å². The fourth-order valence-electron chi connectivity index (χ4n) is 7.13. The first-order chi connectivity index (χ1) is 16.0. The Bertz CT molecular complexity index is 820. The molecule has 5 heteroatoms. The van der Waals surface area contributed by atoms with Crippen LogP contribution in [0.15, 0.2) is 24.3 Å². The molecule has 1 atom stereocenters. The summed E-state index contributed by atoms with van der Waals surface area (Å²) < 4.78 is 0. The molecule has 33 heavy (non-hydrogen) atoms. The van der Waals surface area contributed by atoms with Gasteiger partial charge < -0.3 is 20.0 Å². The monoisotopic (exact) mass is 454 g/mol. The number of rotatable bonds is 4. The van der Waals surface area contributed by atoms with Crippen molar-refractivity contribution in [3.63, 3.8) is 0 Å². The van der Waals surface area contributed by atoms with Crippen LogP contribution in [0.25, 0.3) is 0 Å². The minimum atomic E-state index is -1.27. The van der Waals surface area contributed by atoms with E-state index in [9.17, 15) is 15.0 Å². The zero-order chi connectivity index (χ0) is 22.9. The molecule has 1 unspecified atom stereocenters. The van der Waals surface area contributed by atoms with Crippen LogP contribution in [0.4, 0.5) is 0 Å². The molecule has 2 heterocycles. The van der Waals surface area contributed by atoms with Crippen LogP contribution in [-0.2, 0) is 11.2 Å². The third-order valence-corrected chi connectivity index (χ3v) is 9.07. The molecule has 2 aliphatic heterocycles. The summed E-state index contributed by atoms with van der Waals surface area (Å²) in [5, 5.41) is 22.5. The van der Waals surface area contributed by atoms with Crippen LogP contribution in [0.5, 0.6) is 0 Å². The smallest absolute Gasteiger partial charge is 0.255 e. The van der Waals surface area contributed by atoms with Crippen LogP contribution in [0.3, 0.4) is 0 Å². The molecule has 0 aromatic heterocycles. The summed E-state index contributed by atoms with van der Waals surface area (Å²) in [6, 6.07) is 8.75. The first-order valence-corrected chi connectivity index (χ1v) is 13.5. The summed E-state index contributed by atoms with van der Waals surface area (Å²) in [4.78, 5) is 18.2. The van der Waals surface area contributed by atoms with E-state index in [2.05, 4.69) is 34.1 Å². The van der Waals surface area contributed by atoms with Crippen molar-refractivity contribution >= 4 is 5.91 Å². The van der Waals surface area contributed by atoms with Gasteiger partial charge in [-0.05, 0) is 62.0 Å². The molecule has 182 valence electrons. The molecule has 1 aromatic carbocycles. The van der Waals surface area contributed by atoms with Crippen LogP contribution in [0.1, 0.15) is 94.2 Å². The van der Waals surface area contributed by atoms with Crippen LogP contribution in [0, 0.1) is 5.92 Å². The Hall–Kier alpha value is -1.43. The van der Waals surface area contributed by atoms with Crippen molar-refractivity contribution in [2.75, 3.05) is 26.2 Å². The van der Waals surface area contributed by atoms with E-state index in [1.54, 1.807) is 0 Å². The van der Waals surface area contributed by atoms with E-state index >= 15 is 0 Å². The lowest BCUT2D eigenvalue weighted by molar-refractivity contribution is -0.162. The molecular formula is C28H42N2O3. The summed E-state index contributed by atoms with van der Waals surface area (Å²) in [5.41, 5.74) is 0.829. The molecule has 0 spiro atoms. The Balaban J connectivity index is 1.29. The summed E-state index contributed by atoms with van der Waals surface area (Å²) in [7, 11) is 0. The maximum absolute atomic E-state index is 13.9. The van der Waals surface area contributed by atoms with E-state index < -0.39 is 11.2 Å². The first kappa shape index (κ1) is 23.3. The minimum absolute atomic E-state index is 0.0522. The van der Waals surface area contributed by atoms with Gasteiger partial charge in [0.15, 0.2) is 0 Å². The lowest BCUT2D eigenvalue weighted by Gasteiger charge is -2.48. The number of aliphatic hydroxyl groups is 2. The van der Waals surface area contributed by atoms with E-state index in [0.29, 0.717) is 44.9 Å². The van der Waals surface area contributed by atoms with Gasteiger partial charge in [-0.1, -0.05) is 62.8 Å². The van der Waals surface area contributed by atoms with Gasteiger partial charge in [0.25, 0.3) is 5.91 Å². The molecule has 0 radical (unpaired) electrons. The number of amides is 1. The molecule has 1 amide bonds. The van der Waals surface area contributed by atoms with Crippen molar-refractivity contribution in [2.24, 2.45) is 5.92 Å². The Kier molecular flexibility index (Phi) is 6.83. The molecule has 1 saturated heterocycles. The number of fused-ring (bicyclic) bond motifs is 1. The lowest BCUT2D eigenvalue weighted by Crippen LogP contribution is -2.58. The Morgan fingerprint density at radius 2 is 1.55 bits per heavy atom. The predicted molar refractivity (Wildman–Crippen MR) is 130 cm³/mol. The second-order valence-electron chi connectivity index (χ2n) is 11.4. The number of hydrogen-bond acceptors (Lipinski definition) is 4. The van der Waals surface area contributed by atoms with Crippen molar-refractivity contribution in [2.45, 2.75) is 101 Å². The Morgan fingerprint density at radius 1 is 0.879 bits per heavy atom. The molecule has 5 rings (SSSR count). The number of hydrogen-bond donors (Lipinski definition) is 2. The molecule has 2 aliphatic carbocycles. The topological polar surface area (TPSA) is 64.0 Å². The fourth-order valence-corrected chi connectivity index (χ4v) is 7.13. The SMILES string of the molecule is O=C(N1CCc2ccccc2C1C1CCCCC1)C1(O)CCN(CC2(O)CCCCC2)CC1. The van der Waals surface area contributed by atoms with E-state index in [-0.39, 0.29) is 11.9 Å². The van der Waals surface area contributed by atoms with E-state index in [0.717, 1.165) is 32.1 Å². The highest BCUT2D eigenvalue weighted by molar-refractivity contribution is 5.86. The molecule has 5 nitrogen and oxygen atoms in total.